The maximum atomic E-state index is 14.7. The number of hydrogen-bond acceptors (Lipinski definition) is 7. The number of anilines is 1. The highest BCUT2D eigenvalue weighted by atomic mass is 35.5. The number of likely N-dealkylation sites (N-methyl/N-ethyl adjacent to an activating group) is 1. The van der Waals surface area contributed by atoms with Gasteiger partial charge >= 0.3 is 0 Å². The number of hydrogen-bond donors (Lipinski definition) is 2. The molecule has 0 spiro atoms. The fraction of sp³-hybridized carbons (Fsp3) is 0.500. The van der Waals surface area contributed by atoms with Gasteiger partial charge in [0.2, 0.25) is 0 Å². The Bertz CT molecular complexity index is 998. The van der Waals surface area contributed by atoms with Crippen LogP contribution in [0.1, 0.15) is 35.6 Å². The number of nitrogens with zero attached hydrogens (tertiary/aromatic N) is 2. The van der Waals surface area contributed by atoms with Gasteiger partial charge in [0.15, 0.2) is 9.84 Å². The van der Waals surface area contributed by atoms with Crippen LogP contribution in [0.25, 0.3) is 0 Å². The number of aromatic nitrogens is 1. The maximum absolute atomic E-state index is 14.7. The van der Waals surface area contributed by atoms with Crippen molar-refractivity contribution in [2.75, 3.05) is 19.4 Å². The highest BCUT2D eigenvalue weighted by Gasteiger charge is 2.28. The predicted molar refractivity (Wildman–Crippen MR) is 121 cm³/mol. The number of aryl methyl sites for hydroxylation is 1. The zero-order valence-corrected chi connectivity index (χ0v) is 20.0. The van der Waals surface area contributed by atoms with Crippen LogP contribution in [0.15, 0.2) is 23.2 Å². The molecule has 7 nitrogen and oxygen atoms in total. The molecule has 1 fully saturated rings. The first kappa shape index (κ1) is 25.5. The Morgan fingerprint density at radius 1 is 1.35 bits per heavy atom. The summed E-state index contributed by atoms with van der Waals surface area (Å²) in [6.45, 7) is 1.60. The molecule has 0 amide bonds. The van der Waals surface area contributed by atoms with E-state index < -0.39 is 15.7 Å². The zero-order chi connectivity index (χ0) is 23.2. The highest BCUT2D eigenvalue weighted by Crippen LogP contribution is 2.33. The lowest BCUT2D eigenvalue weighted by Crippen LogP contribution is -2.45. The standard InChI is InChI=1S/C19H25ClFN3O2S2.CH2O2/c1-12-10-22-19(27-12)11-28(25,26)18-8-13(20)16(9-14(18)21)23-15-6-4-5-7-17(15)24(2)3;2-1-3/h8-10,15,17,23H,4-7,11H2,1-3H3;1H,(H,2,3)/t15-,17-;/m0./s1. The number of benzene rings is 1. The van der Waals surface area contributed by atoms with Gasteiger partial charge in [-0.15, -0.1) is 11.3 Å². The van der Waals surface area contributed by atoms with Crippen LogP contribution in [0.3, 0.4) is 0 Å². The van der Waals surface area contributed by atoms with Crippen molar-refractivity contribution in [3.63, 3.8) is 0 Å². The zero-order valence-electron chi connectivity index (χ0n) is 17.6. The number of carbonyl (C=O) groups is 1. The Hall–Kier alpha value is -1.75. The van der Waals surface area contributed by atoms with E-state index in [4.69, 9.17) is 21.5 Å². The van der Waals surface area contributed by atoms with Gasteiger partial charge in [0.1, 0.15) is 21.5 Å². The second-order valence-electron chi connectivity index (χ2n) is 7.56. The Morgan fingerprint density at radius 3 is 2.58 bits per heavy atom. The van der Waals surface area contributed by atoms with Crippen LogP contribution in [0.5, 0.6) is 0 Å². The van der Waals surface area contributed by atoms with E-state index in [1.165, 1.54) is 23.5 Å². The SMILES string of the molecule is Cc1cnc(CS(=O)(=O)c2cc(Cl)c(N[C@H]3CCCC[C@@H]3N(C)C)cc2F)s1.O=CO. The molecular weight excluding hydrogens is 465 g/mol. The van der Waals surface area contributed by atoms with Crippen molar-refractivity contribution in [3.05, 3.63) is 39.1 Å². The molecule has 2 aromatic rings. The second kappa shape index (κ2) is 11.2. The smallest absolute Gasteiger partial charge is 0.290 e. The molecule has 0 bridgehead atoms. The molecule has 1 aromatic carbocycles. The van der Waals surface area contributed by atoms with Gasteiger partial charge in [-0.1, -0.05) is 24.4 Å². The molecule has 0 unspecified atom stereocenters. The average molecular weight is 492 g/mol. The average Bonchev–Trinajstić information content (AvgIpc) is 3.09. The molecule has 0 saturated heterocycles. The van der Waals surface area contributed by atoms with Crippen LogP contribution < -0.4 is 5.32 Å². The fourth-order valence-electron chi connectivity index (χ4n) is 3.68. The van der Waals surface area contributed by atoms with Gasteiger partial charge in [0, 0.05) is 23.2 Å². The van der Waals surface area contributed by atoms with Gasteiger partial charge in [0.25, 0.3) is 6.47 Å². The third-order valence-electron chi connectivity index (χ3n) is 5.07. The van der Waals surface area contributed by atoms with Crippen molar-refractivity contribution < 1.29 is 22.7 Å². The van der Waals surface area contributed by atoms with E-state index in [1.54, 1.807) is 6.20 Å². The molecule has 1 aromatic heterocycles. The van der Waals surface area contributed by atoms with Crippen molar-refractivity contribution in [1.82, 2.24) is 9.88 Å². The minimum Gasteiger partial charge on any atom is -0.483 e. The van der Waals surface area contributed by atoms with Gasteiger partial charge < -0.3 is 15.3 Å². The minimum absolute atomic E-state index is 0.140. The number of thiazole rings is 1. The normalized spacial score (nSPS) is 18.9. The summed E-state index contributed by atoms with van der Waals surface area (Å²) < 4.78 is 40.1. The molecule has 1 aliphatic carbocycles. The van der Waals surface area contributed by atoms with Gasteiger partial charge in [-0.3, -0.25) is 4.79 Å². The molecule has 0 aliphatic heterocycles. The first-order valence-corrected chi connectivity index (χ1v) is 12.6. The lowest BCUT2D eigenvalue weighted by Gasteiger charge is -2.37. The minimum atomic E-state index is -3.87. The van der Waals surface area contributed by atoms with Gasteiger partial charge in [0.05, 0.1) is 10.7 Å². The summed E-state index contributed by atoms with van der Waals surface area (Å²) in [5, 5.41) is 10.9. The Morgan fingerprint density at radius 2 is 2.00 bits per heavy atom. The van der Waals surface area contributed by atoms with Crippen LogP contribution in [0, 0.1) is 12.7 Å². The Labute approximate surface area is 191 Å². The van der Waals surface area contributed by atoms with Gasteiger partial charge in [-0.05, 0) is 46.0 Å². The third-order valence-corrected chi connectivity index (χ3v) is 8.12. The molecule has 1 saturated carbocycles. The first-order chi connectivity index (χ1) is 14.6. The van der Waals surface area contributed by atoms with Gasteiger partial charge in [-0.25, -0.2) is 17.8 Å². The number of halogens is 2. The molecule has 2 atom stereocenters. The van der Waals surface area contributed by atoms with E-state index in [9.17, 15) is 12.8 Å². The highest BCUT2D eigenvalue weighted by molar-refractivity contribution is 7.90. The monoisotopic (exact) mass is 491 g/mol. The van der Waals surface area contributed by atoms with E-state index in [2.05, 4.69) is 15.2 Å². The lowest BCUT2D eigenvalue weighted by molar-refractivity contribution is -0.122. The fourth-order valence-corrected chi connectivity index (χ4v) is 6.46. The van der Waals surface area contributed by atoms with Crippen molar-refractivity contribution >= 4 is 44.9 Å². The van der Waals surface area contributed by atoms with Crippen LogP contribution in [-0.4, -0.2) is 56.1 Å². The molecular formula is C20H27ClFN3O4S2. The van der Waals surface area contributed by atoms with E-state index in [1.807, 2.05) is 21.0 Å². The second-order valence-corrected chi connectivity index (χ2v) is 11.2. The molecule has 1 heterocycles. The summed E-state index contributed by atoms with van der Waals surface area (Å²) in [5.74, 6) is -1.13. The van der Waals surface area contributed by atoms with Crippen LogP contribution in [-0.2, 0) is 20.4 Å². The quantitative estimate of drug-likeness (QED) is 0.584. The van der Waals surface area contributed by atoms with Crippen molar-refractivity contribution in [2.24, 2.45) is 0 Å². The summed E-state index contributed by atoms with van der Waals surface area (Å²) in [5.41, 5.74) is 0.432. The molecule has 0 radical (unpaired) electrons. The number of sulfone groups is 1. The van der Waals surface area contributed by atoms with Gasteiger partial charge in [-0.2, -0.15) is 0 Å². The summed E-state index contributed by atoms with van der Waals surface area (Å²) in [6, 6.07) is 2.87. The number of carboxylic acid groups (broad SMARTS) is 1. The van der Waals surface area contributed by atoms with E-state index in [-0.39, 0.29) is 28.2 Å². The van der Waals surface area contributed by atoms with Crippen molar-refractivity contribution in [1.29, 1.82) is 0 Å². The summed E-state index contributed by atoms with van der Waals surface area (Å²) in [4.78, 5) is 15.1. The first-order valence-electron chi connectivity index (χ1n) is 9.73. The van der Waals surface area contributed by atoms with Crippen LogP contribution in [0.4, 0.5) is 10.1 Å². The van der Waals surface area contributed by atoms with Crippen LogP contribution in [0.2, 0.25) is 5.02 Å². The summed E-state index contributed by atoms with van der Waals surface area (Å²) >= 11 is 7.63. The molecule has 1 aliphatic rings. The van der Waals surface area contributed by atoms with Crippen molar-refractivity contribution in [2.45, 2.75) is 55.3 Å². The number of rotatable bonds is 6. The van der Waals surface area contributed by atoms with Crippen molar-refractivity contribution in [3.8, 4) is 0 Å². The largest absolute Gasteiger partial charge is 0.483 e. The summed E-state index contributed by atoms with van der Waals surface area (Å²) in [7, 11) is 0.186. The lowest BCUT2D eigenvalue weighted by atomic mass is 9.89. The van der Waals surface area contributed by atoms with E-state index in [0.29, 0.717) is 16.7 Å². The predicted octanol–water partition coefficient (Wildman–Crippen LogP) is 4.20. The molecule has 2 N–H and O–H groups in total. The molecule has 11 heteroatoms. The maximum Gasteiger partial charge on any atom is 0.290 e. The Kier molecular flexibility index (Phi) is 9.23. The molecule has 31 heavy (non-hydrogen) atoms. The summed E-state index contributed by atoms with van der Waals surface area (Å²) in [6.07, 6.45) is 5.89. The van der Waals surface area contributed by atoms with E-state index in [0.717, 1.165) is 30.6 Å². The molecule has 3 rings (SSSR count). The molecule has 172 valence electrons. The van der Waals surface area contributed by atoms with Crippen LogP contribution >= 0.6 is 22.9 Å². The third kappa shape index (κ3) is 6.86. The topological polar surface area (TPSA) is 99.6 Å². The Balaban J connectivity index is 0.00000107. The number of nitrogens with one attached hydrogen (secondary N) is 1. The van der Waals surface area contributed by atoms with E-state index >= 15 is 0 Å².